The molecule has 0 bridgehead atoms. The minimum absolute atomic E-state index is 0.176. The zero-order valence-electron chi connectivity index (χ0n) is 11.4. The van der Waals surface area contributed by atoms with Gasteiger partial charge in [0.1, 0.15) is 0 Å². The van der Waals surface area contributed by atoms with Crippen LogP contribution in [0.15, 0.2) is 0 Å². The van der Waals surface area contributed by atoms with E-state index in [2.05, 4.69) is 6.92 Å². The second kappa shape index (κ2) is 7.54. The molecule has 0 spiro atoms. The number of rotatable bonds is 4. The molecule has 4 nitrogen and oxygen atoms in total. The standard InChI is InChI=1S/C13H26N2O2/c1-12-7-4-5-9-15(11-12)13(16)14(2)8-6-10-17-3/h12H,4-11H2,1-3H3/t12-/m1/s1. The van der Waals surface area contributed by atoms with Crippen molar-refractivity contribution in [2.24, 2.45) is 5.92 Å². The molecule has 0 aliphatic carbocycles. The fourth-order valence-corrected chi connectivity index (χ4v) is 2.31. The molecule has 0 radical (unpaired) electrons. The van der Waals surface area contributed by atoms with E-state index in [0.29, 0.717) is 12.5 Å². The second-order valence-corrected chi connectivity index (χ2v) is 5.10. The normalized spacial score (nSPS) is 21.1. The highest BCUT2D eigenvalue weighted by atomic mass is 16.5. The molecule has 1 heterocycles. The molecule has 1 aliphatic heterocycles. The number of methoxy groups -OCH3 is 1. The summed E-state index contributed by atoms with van der Waals surface area (Å²) in [4.78, 5) is 16.0. The molecule has 0 saturated carbocycles. The smallest absolute Gasteiger partial charge is 0.319 e. The highest BCUT2D eigenvalue weighted by Crippen LogP contribution is 2.16. The van der Waals surface area contributed by atoms with E-state index in [4.69, 9.17) is 4.74 Å². The lowest BCUT2D eigenvalue weighted by molar-refractivity contribution is 0.148. The summed E-state index contributed by atoms with van der Waals surface area (Å²) < 4.78 is 5.00. The Morgan fingerprint density at radius 3 is 2.94 bits per heavy atom. The Hall–Kier alpha value is -0.770. The molecule has 100 valence electrons. The van der Waals surface area contributed by atoms with Crippen molar-refractivity contribution in [1.29, 1.82) is 0 Å². The lowest BCUT2D eigenvalue weighted by Gasteiger charge is -2.28. The number of hydrogen-bond donors (Lipinski definition) is 0. The maximum absolute atomic E-state index is 12.2. The van der Waals surface area contributed by atoms with E-state index in [9.17, 15) is 4.79 Å². The van der Waals surface area contributed by atoms with Crippen LogP contribution in [0.4, 0.5) is 4.79 Å². The van der Waals surface area contributed by atoms with E-state index >= 15 is 0 Å². The van der Waals surface area contributed by atoms with E-state index in [1.165, 1.54) is 12.8 Å². The zero-order chi connectivity index (χ0) is 12.7. The summed E-state index contributed by atoms with van der Waals surface area (Å²) in [6, 6.07) is 0.176. The number of nitrogens with zero attached hydrogens (tertiary/aromatic N) is 2. The first-order valence-corrected chi connectivity index (χ1v) is 6.64. The number of likely N-dealkylation sites (tertiary alicyclic amines) is 1. The molecule has 1 rings (SSSR count). The van der Waals surface area contributed by atoms with Crippen LogP contribution in [0.25, 0.3) is 0 Å². The number of urea groups is 1. The number of hydrogen-bond acceptors (Lipinski definition) is 2. The molecule has 1 aliphatic rings. The molecule has 1 fully saturated rings. The molecule has 1 saturated heterocycles. The third-order valence-electron chi connectivity index (χ3n) is 3.35. The molecule has 0 aromatic carbocycles. The molecule has 17 heavy (non-hydrogen) atoms. The maximum atomic E-state index is 12.2. The third kappa shape index (κ3) is 4.94. The summed E-state index contributed by atoms with van der Waals surface area (Å²) in [5.74, 6) is 0.633. The van der Waals surface area contributed by atoms with Crippen LogP contribution in [-0.4, -0.2) is 56.2 Å². The van der Waals surface area contributed by atoms with Crippen LogP contribution in [0.2, 0.25) is 0 Å². The molecule has 0 aromatic heterocycles. The summed E-state index contributed by atoms with van der Waals surface area (Å²) in [6.07, 6.45) is 4.54. The van der Waals surface area contributed by atoms with E-state index < -0.39 is 0 Å². The number of carbonyl (C=O) groups is 1. The van der Waals surface area contributed by atoms with Crippen LogP contribution in [0.1, 0.15) is 32.6 Å². The third-order valence-corrected chi connectivity index (χ3v) is 3.35. The van der Waals surface area contributed by atoms with Crippen LogP contribution in [0.3, 0.4) is 0 Å². The molecule has 4 heteroatoms. The van der Waals surface area contributed by atoms with Crippen molar-refractivity contribution in [3.63, 3.8) is 0 Å². The Morgan fingerprint density at radius 2 is 2.24 bits per heavy atom. The molecule has 1 atom stereocenters. The minimum atomic E-state index is 0.176. The average Bonchev–Trinajstić information content (AvgIpc) is 2.53. The fourth-order valence-electron chi connectivity index (χ4n) is 2.31. The quantitative estimate of drug-likeness (QED) is 0.708. The predicted octanol–water partition coefficient (Wildman–Crippen LogP) is 2.20. The van der Waals surface area contributed by atoms with Gasteiger partial charge in [0.15, 0.2) is 0 Å². The molecule has 0 N–H and O–H groups in total. The van der Waals surface area contributed by atoms with Crippen molar-refractivity contribution in [2.45, 2.75) is 32.6 Å². The highest BCUT2D eigenvalue weighted by molar-refractivity contribution is 5.74. The summed E-state index contributed by atoms with van der Waals surface area (Å²) >= 11 is 0. The lowest BCUT2D eigenvalue weighted by atomic mass is 10.1. The summed E-state index contributed by atoms with van der Waals surface area (Å²) in [6.45, 7) is 5.55. The summed E-state index contributed by atoms with van der Waals surface area (Å²) in [5, 5.41) is 0. The van der Waals surface area contributed by atoms with Gasteiger partial charge in [-0.15, -0.1) is 0 Å². The van der Waals surface area contributed by atoms with Crippen LogP contribution in [-0.2, 0) is 4.74 Å². The van der Waals surface area contributed by atoms with E-state index in [0.717, 1.165) is 32.5 Å². The van der Waals surface area contributed by atoms with E-state index in [-0.39, 0.29) is 6.03 Å². The minimum Gasteiger partial charge on any atom is -0.385 e. The molecule has 0 aromatic rings. The molecule has 2 amide bonds. The van der Waals surface area contributed by atoms with Gasteiger partial charge in [0, 0.05) is 40.4 Å². The van der Waals surface area contributed by atoms with Gasteiger partial charge in [-0.1, -0.05) is 13.3 Å². The van der Waals surface area contributed by atoms with Crippen LogP contribution >= 0.6 is 0 Å². The van der Waals surface area contributed by atoms with Gasteiger partial charge in [-0.05, 0) is 25.2 Å². The monoisotopic (exact) mass is 242 g/mol. The van der Waals surface area contributed by atoms with Crippen molar-refractivity contribution < 1.29 is 9.53 Å². The zero-order valence-corrected chi connectivity index (χ0v) is 11.4. The van der Waals surface area contributed by atoms with Gasteiger partial charge in [0.25, 0.3) is 0 Å². The van der Waals surface area contributed by atoms with Gasteiger partial charge < -0.3 is 14.5 Å². The Bertz CT molecular complexity index is 233. The van der Waals surface area contributed by atoms with Gasteiger partial charge in [-0.3, -0.25) is 0 Å². The summed E-state index contributed by atoms with van der Waals surface area (Å²) in [5.41, 5.74) is 0. The molecular weight excluding hydrogens is 216 g/mol. The topological polar surface area (TPSA) is 32.8 Å². The van der Waals surface area contributed by atoms with Gasteiger partial charge >= 0.3 is 6.03 Å². The van der Waals surface area contributed by atoms with Crippen molar-refractivity contribution in [2.75, 3.05) is 40.4 Å². The largest absolute Gasteiger partial charge is 0.385 e. The Morgan fingerprint density at radius 1 is 1.47 bits per heavy atom. The van der Waals surface area contributed by atoms with E-state index in [1.54, 1.807) is 7.11 Å². The average molecular weight is 242 g/mol. The molecule has 0 unspecified atom stereocenters. The number of amides is 2. The second-order valence-electron chi connectivity index (χ2n) is 5.10. The first-order chi connectivity index (χ1) is 8.15. The lowest BCUT2D eigenvalue weighted by Crippen LogP contribution is -2.43. The Labute approximate surface area is 105 Å². The molecular formula is C13H26N2O2. The van der Waals surface area contributed by atoms with Crippen molar-refractivity contribution in [1.82, 2.24) is 9.80 Å². The maximum Gasteiger partial charge on any atom is 0.319 e. The van der Waals surface area contributed by atoms with Gasteiger partial charge in [0.05, 0.1) is 0 Å². The van der Waals surface area contributed by atoms with Crippen LogP contribution < -0.4 is 0 Å². The van der Waals surface area contributed by atoms with Gasteiger partial charge in [-0.2, -0.15) is 0 Å². The fraction of sp³-hybridized carbons (Fsp3) is 0.923. The summed E-state index contributed by atoms with van der Waals surface area (Å²) in [7, 11) is 3.58. The van der Waals surface area contributed by atoms with Crippen molar-refractivity contribution in [3.8, 4) is 0 Å². The van der Waals surface area contributed by atoms with Gasteiger partial charge in [-0.25, -0.2) is 4.79 Å². The van der Waals surface area contributed by atoms with Crippen LogP contribution in [0, 0.1) is 5.92 Å². The van der Waals surface area contributed by atoms with Crippen molar-refractivity contribution in [3.05, 3.63) is 0 Å². The Kier molecular flexibility index (Phi) is 6.34. The first kappa shape index (κ1) is 14.3. The van der Waals surface area contributed by atoms with E-state index in [1.807, 2.05) is 16.8 Å². The van der Waals surface area contributed by atoms with Crippen LogP contribution in [0.5, 0.6) is 0 Å². The van der Waals surface area contributed by atoms with Gasteiger partial charge in [0.2, 0.25) is 0 Å². The number of ether oxygens (including phenoxy) is 1. The number of carbonyl (C=O) groups excluding carboxylic acids is 1. The first-order valence-electron chi connectivity index (χ1n) is 6.64. The highest BCUT2D eigenvalue weighted by Gasteiger charge is 2.21. The SMILES string of the molecule is COCCCN(C)C(=O)N1CCCC[C@@H](C)C1. The van der Waals surface area contributed by atoms with Crippen molar-refractivity contribution >= 4 is 6.03 Å². The Balaban J connectivity index is 2.38. The predicted molar refractivity (Wildman–Crippen MR) is 69.1 cm³/mol.